The molecule has 1 aliphatic rings. The number of nitrogens with one attached hydrogen (secondary N) is 1. The molecule has 4 heteroatoms. The third kappa shape index (κ3) is 2.99. The Hall–Kier alpha value is -1.16. The Morgan fingerprint density at radius 1 is 1.44 bits per heavy atom. The average Bonchev–Trinajstić information content (AvgIpc) is 2.39. The van der Waals surface area contributed by atoms with E-state index in [9.17, 15) is 4.39 Å². The van der Waals surface area contributed by atoms with E-state index in [2.05, 4.69) is 24.1 Å². The van der Waals surface area contributed by atoms with Crippen molar-refractivity contribution in [1.29, 1.82) is 0 Å². The number of pyridine rings is 1. The van der Waals surface area contributed by atoms with Gasteiger partial charge in [0.15, 0.2) is 0 Å². The normalized spacial score (nSPS) is 22.7. The lowest BCUT2D eigenvalue weighted by Crippen LogP contribution is -2.43. The minimum Gasteiger partial charge on any atom is -0.375 e. The summed E-state index contributed by atoms with van der Waals surface area (Å²) in [5.41, 5.74) is -0.0246. The van der Waals surface area contributed by atoms with Gasteiger partial charge in [-0.05, 0) is 37.8 Å². The zero-order valence-electron chi connectivity index (χ0n) is 11.1. The molecule has 2 rings (SSSR count). The summed E-state index contributed by atoms with van der Waals surface area (Å²) in [6.45, 7) is 5.08. The summed E-state index contributed by atoms with van der Waals surface area (Å²) in [4.78, 5) is 3.85. The average molecular weight is 252 g/mol. The number of nitrogens with zero attached hydrogens (tertiary/aromatic N) is 1. The van der Waals surface area contributed by atoms with Crippen molar-refractivity contribution in [3.63, 3.8) is 0 Å². The van der Waals surface area contributed by atoms with Gasteiger partial charge in [0.2, 0.25) is 5.95 Å². The Balaban J connectivity index is 2.01. The molecule has 1 aromatic rings. The van der Waals surface area contributed by atoms with Gasteiger partial charge in [-0.3, -0.25) is 0 Å². The van der Waals surface area contributed by atoms with E-state index in [4.69, 9.17) is 4.74 Å². The highest BCUT2D eigenvalue weighted by Crippen LogP contribution is 2.32. The van der Waals surface area contributed by atoms with Crippen LogP contribution in [0.4, 0.5) is 10.2 Å². The van der Waals surface area contributed by atoms with Crippen LogP contribution in [-0.2, 0) is 4.74 Å². The number of ether oxygens (including phenoxy) is 1. The first-order valence-electron chi connectivity index (χ1n) is 6.70. The summed E-state index contributed by atoms with van der Waals surface area (Å²) in [5, 5.41) is 3.31. The van der Waals surface area contributed by atoms with Crippen molar-refractivity contribution in [2.75, 3.05) is 11.9 Å². The van der Waals surface area contributed by atoms with E-state index < -0.39 is 5.95 Å². The zero-order chi connectivity index (χ0) is 13.0. The number of hydrogen-bond acceptors (Lipinski definition) is 3. The van der Waals surface area contributed by atoms with Crippen LogP contribution in [0.25, 0.3) is 0 Å². The fourth-order valence-corrected chi connectivity index (χ4v) is 2.59. The number of aromatic nitrogens is 1. The van der Waals surface area contributed by atoms with Gasteiger partial charge < -0.3 is 10.1 Å². The molecule has 1 unspecified atom stereocenters. The smallest absolute Gasteiger partial charge is 0.214 e. The number of rotatable bonds is 4. The number of halogens is 1. The van der Waals surface area contributed by atoms with E-state index >= 15 is 0 Å². The lowest BCUT2D eigenvalue weighted by molar-refractivity contribution is -0.0864. The van der Waals surface area contributed by atoms with Crippen molar-refractivity contribution >= 4 is 5.82 Å². The molecule has 0 aromatic carbocycles. The van der Waals surface area contributed by atoms with E-state index in [-0.39, 0.29) is 5.60 Å². The van der Waals surface area contributed by atoms with Crippen molar-refractivity contribution in [1.82, 2.24) is 4.98 Å². The summed E-state index contributed by atoms with van der Waals surface area (Å²) in [6, 6.07) is 5.15. The molecule has 18 heavy (non-hydrogen) atoms. The second-order valence-electron chi connectivity index (χ2n) is 4.92. The van der Waals surface area contributed by atoms with Crippen LogP contribution in [0.3, 0.4) is 0 Å². The fourth-order valence-electron chi connectivity index (χ4n) is 2.59. The maximum atomic E-state index is 13.0. The molecule has 0 aliphatic carbocycles. The zero-order valence-corrected chi connectivity index (χ0v) is 11.1. The molecule has 0 bridgehead atoms. The van der Waals surface area contributed by atoms with Crippen LogP contribution in [0.1, 0.15) is 39.5 Å². The van der Waals surface area contributed by atoms with Gasteiger partial charge in [0, 0.05) is 12.6 Å². The molecule has 1 atom stereocenters. The van der Waals surface area contributed by atoms with Crippen LogP contribution in [-0.4, -0.2) is 23.2 Å². The van der Waals surface area contributed by atoms with Crippen LogP contribution in [0.15, 0.2) is 18.2 Å². The van der Waals surface area contributed by atoms with Crippen LogP contribution in [0, 0.1) is 5.95 Å². The molecule has 100 valence electrons. The maximum Gasteiger partial charge on any atom is 0.214 e. The monoisotopic (exact) mass is 252 g/mol. The topological polar surface area (TPSA) is 34.2 Å². The van der Waals surface area contributed by atoms with Crippen LogP contribution in [0.2, 0.25) is 0 Å². The largest absolute Gasteiger partial charge is 0.375 e. The van der Waals surface area contributed by atoms with E-state index in [1.807, 2.05) is 0 Å². The summed E-state index contributed by atoms with van der Waals surface area (Å²) in [5.74, 6) is 0.173. The third-order valence-electron chi connectivity index (χ3n) is 3.85. The number of anilines is 1. The molecule has 1 N–H and O–H groups in total. The SMILES string of the molecule is CCC1(CC)CC(Nc2cccc(F)n2)CCO1. The Kier molecular flexibility index (Phi) is 4.17. The Morgan fingerprint density at radius 3 is 2.89 bits per heavy atom. The molecule has 0 amide bonds. The molecule has 0 saturated carbocycles. The quantitative estimate of drug-likeness (QED) is 0.834. The first kappa shape index (κ1) is 13.3. The number of hydrogen-bond donors (Lipinski definition) is 1. The molecule has 0 radical (unpaired) electrons. The summed E-state index contributed by atoms with van der Waals surface area (Å²) < 4.78 is 19.0. The summed E-state index contributed by atoms with van der Waals surface area (Å²) in [7, 11) is 0. The summed E-state index contributed by atoms with van der Waals surface area (Å²) in [6.07, 6.45) is 3.93. The van der Waals surface area contributed by atoms with Gasteiger partial charge in [0.1, 0.15) is 5.82 Å². The highest BCUT2D eigenvalue weighted by molar-refractivity contribution is 5.35. The molecule has 2 heterocycles. The van der Waals surface area contributed by atoms with Gasteiger partial charge in [-0.15, -0.1) is 0 Å². The van der Waals surface area contributed by atoms with Gasteiger partial charge in [-0.1, -0.05) is 19.9 Å². The van der Waals surface area contributed by atoms with Crippen LogP contribution >= 0.6 is 0 Å². The summed E-state index contributed by atoms with van der Waals surface area (Å²) >= 11 is 0. The van der Waals surface area contributed by atoms with Crippen molar-refractivity contribution in [2.45, 2.75) is 51.2 Å². The molecule has 1 saturated heterocycles. The van der Waals surface area contributed by atoms with Crippen molar-refractivity contribution in [3.05, 3.63) is 24.1 Å². The standard InChI is InChI=1S/C14H21FN2O/c1-3-14(4-2)10-11(8-9-18-14)16-13-7-5-6-12(15)17-13/h5-7,11H,3-4,8-10H2,1-2H3,(H,16,17). The first-order valence-corrected chi connectivity index (χ1v) is 6.70. The van der Waals surface area contributed by atoms with Gasteiger partial charge in [-0.25, -0.2) is 4.98 Å². The second-order valence-corrected chi connectivity index (χ2v) is 4.92. The van der Waals surface area contributed by atoms with Gasteiger partial charge >= 0.3 is 0 Å². The fraction of sp³-hybridized carbons (Fsp3) is 0.643. The minimum atomic E-state index is -0.440. The van der Waals surface area contributed by atoms with Crippen molar-refractivity contribution in [3.8, 4) is 0 Å². The molecule has 3 nitrogen and oxygen atoms in total. The highest BCUT2D eigenvalue weighted by Gasteiger charge is 2.34. The highest BCUT2D eigenvalue weighted by atomic mass is 19.1. The minimum absolute atomic E-state index is 0.0246. The van der Waals surface area contributed by atoms with E-state index in [1.165, 1.54) is 6.07 Å². The molecule has 1 aromatic heterocycles. The van der Waals surface area contributed by atoms with Gasteiger partial charge in [-0.2, -0.15) is 4.39 Å². The van der Waals surface area contributed by atoms with Crippen LogP contribution in [0.5, 0.6) is 0 Å². The Bertz CT molecular complexity index is 393. The maximum absolute atomic E-state index is 13.0. The van der Waals surface area contributed by atoms with Crippen molar-refractivity contribution < 1.29 is 9.13 Å². The third-order valence-corrected chi connectivity index (χ3v) is 3.85. The van der Waals surface area contributed by atoms with E-state index in [0.29, 0.717) is 11.9 Å². The molecule has 0 spiro atoms. The lowest BCUT2D eigenvalue weighted by Gasteiger charge is -2.40. The van der Waals surface area contributed by atoms with Gasteiger partial charge in [0.05, 0.1) is 5.60 Å². The molecular formula is C14H21FN2O. The predicted molar refractivity (Wildman–Crippen MR) is 70.1 cm³/mol. The molecule has 1 aliphatic heterocycles. The second kappa shape index (κ2) is 5.65. The Morgan fingerprint density at radius 2 is 2.22 bits per heavy atom. The first-order chi connectivity index (χ1) is 8.67. The van der Waals surface area contributed by atoms with E-state index in [0.717, 1.165) is 32.3 Å². The van der Waals surface area contributed by atoms with Crippen molar-refractivity contribution in [2.24, 2.45) is 0 Å². The molecular weight excluding hydrogens is 231 g/mol. The predicted octanol–water partition coefficient (Wildman–Crippen LogP) is 3.37. The Labute approximate surface area is 108 Å². The lowest BCUT2D eigenvalue weighted by atomic mass is 9.86. The van der Waals surface area contributed by atoms with Crippen LogP contribution < -0.4 is 5.32 Å². The van der Waals surface area contributed by atoms with E-state index in [1.54, 1.807) is 12.1 Å². The molecule has 1 fully saturated rings. The van der Waals surface area contributed by atoms with Gasteiger partial charge in [0.25, 0.3) is 0 Å².